The second-order valence-electron chi connectivity index (χ2n) is 3.51. The molecule has 0 aliphatic rings. The largest absolute Gasteiger partial charge is 0.330 e. The highest BCUT2D eigenvalue weighted by molar-refractivity contribution is 5.55. The van der Waals surface area contributed by atoms with Gasteiger partial charge in [-0.15, -0.1) is 0 Å². The van der Waals surface area contributed by atoms with Crippen molar-refractivity contribution < 1.29 is 0 Å². The molecule has 0 spiro atoms. The first-order valence-corrected chi connectivity index (χ1v) is 4.98. The first-order valence-electron chi connectivity index (χ1n) is 4.98. The molecule has 4 heteroatoms. The fourth-order valence-electron chi connectivity index (χ4n) is 1.46. The molecule has 0 aliphatic heterocycles. The maximum atomic E-state index is 5.44. The van der Waals surface area contributed by atoms with Crippen molar-refractivity contribution in [1.82, 2.24) is 15.2 Å². The average Bonchev–Trinajstić information content (AvgIpc) is 2.67. The molecule has 78 valence electrons. The Kier molecular flexibility index (Phi) is 2.78. The Hall–Kier alpha value is -1.68. The highest BCUT2D eigenvalue weighted by atomic mass is 15.2. The van der Waals surface area contributed by atoms with Crippen molar-refractivity contribution >= 4 is 0 Å². The smallest absolute Gasteiger partial charge is 0.181 e. The molecule has 0 bridgehead atoms. The van der Waals surface area contributed by atoms with E-state index in [1.807, 2.05) is 12.1 Å². The number of nitrogens with one attached hydrogen (secondary N) is 1. The molecule has 2 aromatic rings. The second-order valence-corrected chi connectivity index (χ2v) is 3.51. The van der Waals surface area contributed by atoms with Gasteiger partial charge in [-0.1, -0.05) is 23.8 Å². The van der Waals surface area contributed by atoms with E-state index in [4.69, 9.17) is 5.73 Å². The molecule has 0 saturated heterocycles. The van der Waals surface area contributed by atoms with Crippen LogP contribution in [0.25, 0.3) is 11.4 Å². The number of nitrogens with zero attached hydrogens (tertiary/aromatic N) is 2. The SMILES string of the molecule is Cc1cccc(-c2n[nH]c(CCN)n2)c1. The summed E-state index contributed by atoms with van der Waals surface area (Å²) in [5, 5.41) is 7.04. The van der Waals surface area contributed by atoms with Crippen molar-refractivity contribution in [2.45, 2.75) is 13.3 Å². The van der Waals surface area contributed by atoms with Gasteiger partial charge in [0.1, 0.15) is 5.82 Å². The molecular formula is C11H14N4. The molecule has 0 radical (unpaired) electrons. The number of benzene rings is 1. The predicted octanol–water partition coefficient (Wildman–Crippen LogP) is 1.28. The summed E-state index contributed by atoms with van der Waals surface area (Å²) in [5.41, 5.74) is 7.69. The van der Waals surface area contributed by atoms with Crippen LogP contribution in [0.1, 0.15) is 11.4 Å². The lowest BCUT2D eigenvalue weighted by molar-refractivity contribution is 0.874. The lowest BCUT2D eigenvalue weighted by atomic mass is 10.1. The van der Waals surface area contributed by atoms with Crippen LogP contribution in [0.3, 0.4) is 0 Å². The van der Waals surface area contributed by atoms with E-state index in [1.165, 1.54) is 5.56 Å². The van der Waals surface area contributed by atoms with Crippen molar-refractivity contribution in [3.8, 4) is 11.4 Å². The molecule has 2 rings (SSSR count). The monoisotopic (exact) mass is 202 g/mol. The summed E-state index contributed by atoms with van der Waals surface area (Å²) in [4.78, 5) is 4.36. The minimum Gasteiger partial charge on any atom is -0.330 e. The molecule has 3 N–H and O–H groups in total. The number of aromatic amines is 1. The van der Waals surface area contributed by atoms with Gasteiger partial charge in [0.15, 0.2) is 5.82 Å². The minimum absolute atomic E-state index is 0.586. The van der Waals surface area contributed by atoms with Crippen LogP contribution in [0.2, 0.25) is 0 Å². The van der Waals surface area contributed by atoms with Gasteiger partial charge in [0.25, 0.3) is 0 Å². The topological polar surface area (TPSA) is 67.6 Å². The highest BCUT2D eigenvalue weighted by Crippen LogP contribution is 2.15. The van der Waals surface area contributed by atoms with Crippen LogP contribution in [0, 0.1) is 6.92 Å². The lowest BCUT2D eigenvalue weighted by Gasteiger charge is -1.95. The van der Waals surface area contributed by atoms with Crippen molar-refractivity contribution in [3.63, 3.8) is 0 Å². The van der Waals surface area contributed by atoms with Gasteiger partial charge >= 0.3 is 0 Å². The van der Waals surface area contributed by atoms with Crippen LogP contribution < -0.4 is 5.73 Å². The Morgan fingerprint density at radius 3 is 3.00 bits per heavy atom. The average molecular weight is 202 g/mol. The van der Waals surface area contributed by atoms with E-state index >= 15 is 0 Å². The molecule has 0 unspecified atom stereocenters. The number of hydrogen-bond acceptors (Lipinski definition) is 3. The van der Waals surface area contributed by atoms with Crippen LogP contribution in [0.15, 0.2) is 24.3 Å². The van der Waals surface area contributed by atoms with E-state index in [0.29, 0.717) is 6.54 Å². The Balaban J connectivity index is 2.29. The zero-order valence-electron chi connectivity index (χ0n) is 8.70. The molecule has 15 heavy (non-hydrogen) atoms. The number of rotatable bonds is 3. The molecule has 0 saturated carbocycles. The number of hydrogen-bond donors (Lipinski definition) is 2. The summed E-state index contributed by atoms with van der Waals surface area (Å²) in [5.74, 6) is 1.58. The molecule has 0 amide bonds. The van der Waals surface area contributed by atoms with E-state index in [9.17, 15) is 0 Å². The van der Waals surface area contributed by atoms with E-state index in [-0.39, 0.29) is 0 Å². The van der Waals surface area contributed by atoms with Gasteiger partial charge in [-0.2, -0.15) is 5.10 Å². The number of nitrogens with two attached hydrogens (primary N) is 1. The molecule has 0 aliphatic carbocycles. The van der Waals surface area contributed by atoms with Crippen LogP contribution in [0.4, 0.5) is 0 Å². The van der Waals surface area contributed by atoms with E-state index in [2.05, 4.69) is 34.2 Å². The van der Waals surface area contributed by atoms with Crippen LogP contribution >= 0.6 is 0 Å². The van der Waals surface area contributed by atoms with Gasteiger partial charge in [0.2, 0.25) is 0 Å². The zero-order valence-corrected chi connectivity index (χ0v) is 8.70. The lowest BCUT2D eigenvalue weighted by Crippen LogP contribution is -2.03. The fraction of sp³-hybridized carbons (Fsp3) is 0.273. The van der Waals surface area contributed by atoms with Gasteiger partial charge in [0.05, 0.1) is 0 Å². The maximum absolute atomic E-state index is 5.44. The van der Waals surface area contributed by atoms with Gasteiger partial charge in [0, 0.05) is 12.0 Å². The number of aryl methyl sites for hydroxylation is 1. The Morgan fingerprint density at radius 1 is 1.40 bits per heavy atom. The molecule has 1 aromatic heterocycles. The summed E-state index contributed by atoms with van der Waals surface area (Å²) in [6.07, 6.45) is 0.735. The summed E-state index contributed by atoms with van der Waals surface area (Å²) >= 11 is 0. The van der Waals surface area contributed by atoms with Crippen molar-refractivity contribution in [2.75, 3.05) is 6.54 Å². The third-order valence-corrected chi connectivity index (χ3v) is 2.19. The Morgan fingerprint density at radius 2 is 2.27 bits per heavy atom. The second kappa shape index (κ2) is 4.23. The van der Waals surface area contributed by atoms with Crippen LogP contribution in [-0.2, 0) is 6.42 Å². The van der Waals surface area contributed by atoms with Gasteiger partial charge in [-0.25, -0.2) is 4.98 Å². The minimum atomic E-state index is 0.586. The fourth-order valence-corrected chi connectivity index (χ4v) is 1.46. The molecule has 0 fully saturated rings. The first-order chi connectivity index (χ1) is 7.29. The summed E-state index contributed by atoms with van der Waals surface area (Å²) < 4.78 is 0. The quantitative estimate of drug-likeness (QED) is 0.787. The van der Waals surface area contributed by atoms with Gasteiger partial charge in [-0.3, -0.25) is 5.10 Å². The van der Waals surface area contributed by atoms with Crippen LogP contribution in [0.5, 0.6) is 0 Å². The predicted molar refractivity (Wildman–Crippen MR) is 59.3 cm³/mol. The van der Waals surface area contributed by atoms with Gasteiger partial charge in [-0.05, 0) is 19.5 Å². The van der Waals surface area contributed by atoms with E-state index in [1.54, 1.807) is 0 Å². The van der Waals surface area contributed by atoms with Crippen molar-refractivity contribution in [2.24, 2.45) is 5.73 Å². The summed E-state index contributed by atoms with van der Waals surface area (Å²) in [6, 6.07) is 8.12. The van der Waals surface area contributed by atoms with Crippen molar-refractivity contribution in [1.29, 1.82) is 0 Å². The zero-order chi connectivity index (χ0) is 10.7. The van der Waals surface area contributed by atoms with Gasteiger partial charge < -0.3 is 5.73 Å². The molecule has 4 nitrogen and oxygen atoms in total. The van der Waals surface area contributed by atoms with Crippen molar-refractivity contribution in [3.05, 3.63) is 35.7 Å². The third kappa shape index (κ3) is 2.22. The molecule has 1 heterocycles. The molecule has 1 aromatic carbocycles. The van der Waals surface area contributed by atoms with E-state index in [0.717, 1.165) is 23.6 Å². The van der Waals surface area contributed by atoms with Crippen LogP contribution in [-0.4, -0.2) is 21.7 Å². The standard InChI is InChI=1S/C11H14N4/c1-8-3-2-4-9(7-8)11-13-10(5-6-12)14-15-11/h2-4,7H,5-6,12H2,1H3,(H,13,14,15). The highest BCUT2D eigenvalue weighted by Gasteiger charge is 2.04. The number of H-pyrrole nitrogens is 1. The first kappa shape index (κ1) is 9.86. The normalized spacial score (nSPS) is 10.5. The summed E-state index contributed by atoms with van der Waals surface area (Å²) in [7, 11) is 0. The maximum Gasteiger partial charge on any atom is 0.181 e. The molecule has 0 atom stereocenters. The Bertz CT molecular complexity index is 447. The third-order valence-electron chi connectivity index (χ3n) is 2.19. The Labute approximate surface area is 88.5 Å². The van der Waals surface area contributed by atoms with E-state index < -0.39 is 0 Å². The summed E-state index contributed by atoms with van der Waals surface area (Å²) in [6.45, 7) is 2.64. The number of aromatic nitrogens is 3. The molecular weight excluding hydrogens is 188 g/mol.